The number of H-pyrrole nitrogens is 1. The molecule has 2 saturated heterocycles. The van der Waals surface area contributed by atoms with E-state index < -0.39 is 5.60 Å². The first-order valence-electron chi connectivity index (χ1n) is 10.3. The number of ether oxygens (including phenoxy) is 1. The number of likely N-dealkylation sites (tertiary alicyclic amines) is 1. The predicted octanol–water partition coefficient (Wildman–Crippen LogP) is 2.33. The number of anilines is 1. The molecule has 1 amide bonds. The van der Waals surface area contributed by atoms with Gasteiger partial charge >= 0.3 is 5.97 Å². The Morgan fingerprint density at radius 2 is 2.20 bits per heavy atom. The van der Waals surface area contributed by atoms with E-state index in [9.17, 15) is 9.59 Å². The van der Waals surface area contributed by atoms with E-state index >= 15 is 0 Å². The molecule has 0 saturated carbocycles. The Balaban J connectivity index is 1.55. The second-order valence-corrected chi connectivity index (χ2v) is 8.86. The van der Waals surface area contributed by atoms with Gasteiger partial charge in [-0.15, -0.1) is 0 Å². The molecule has 2 atom stereocenters. The molecule has 0 aliphatic carbocycles. The predicted molar refractivity (Wildman–Crippen MR) is 111 cm³/mol. The van der Waals surface area contributed by atoms with Gasteiger partial charge in [0.05, 0.1) is 29.5 Å². The van der Waals surface area contributed by atoms with Crippen LogP contribution in [0.3, 0.4) is 0 Å². The van der Waals surface area contributed by atoms with Crippen LogP contribution in [0.4, 0.5) is 5.95 Å². The third-order valence-corrected chi connectivity index (χ3v) is 5.76. The zero-order chi connectivity index (χ0) is 21.5. The Morgan fingerprint density at radius 1 is 1.40 bits per heavy atom. The minimum atomic E-state index is -0.500. The molecule has 4 heterocycles. The topological polar surface area (TPSA) is 104 Å². The first kappa shape index (κ1) is 20.3. The van der Waals surface area contributed by atoms with Crippen LogP contribution in [-0.2, 0) is 14.3 Å². The molecule has 0 bridgehead atoms. The van der Waals surface area contributed by atoms with Gasteiger partial charge < -0.3 is 14.5 Å². The van der Waals surface area contributed by atoms with Crippen LogP contribution in [0.2, 0.25) is 0 Å². The molecule has 2 aliphatic heterocycles. The van der Waals surface area contributed by atoms with Crippen LogP contribution in [0.1, 0.15) is 51.3 Å². The molecule has 0 aromatic carbocycles. The van der Waals surface area contributed by atoms with Crippen molar-refractivity contribution in [3.8, 4) is 11.3 Å². The van der Waals surface area contributed by atoms with Crippen molar-refractivity contribution >= 4 is 17.8 Å². The van der Waals surface area contributed by atoms with Gasteiger partial charge in [-0.3, -0.25) is 14.7 Å². The van der Waals surface area contributed by atoms with E-state index in [1.165, 1.54) is 0 Å². The molecule has 2 unspecified atom stereocenters. The van der Waals surface area contributed by atoms with Crippen LogP contribution in [0.25, 0.3) is 11.3 Å². The highest BCUT2D eigenvalue weighted by atomic mass is 16.6. The number of aromatic amines is 1. The summed E-state index contributed by atoms with van der Waals surface area (Å²) in [6.45, 7) is 4.43. The van der Waals surface area contributed by atoms with Crippen molar-refractivity contribution in [2.75, 3.05) is 25.5 Å². The van der Waals surface area contributed by atoms with Crippen LogP contribution in [-0.4, -0.2) is 63.2 Å². The maximum atomic E-state index is 13.1. The Morgan fingerprint density at radius 3 is 2.90 bits per heavy atom. The number of carbonyl (C=O) groups is 2. The zero-order valence-electron chi connectivity index (χ0n) is 17.9. The third-order valence-electron chi connectivity index (χ3n) is 5.76. The van der Waals surface area contributed by atoms with Gasteiger partial charge in [-0.25, -0.2) is 9.97 Å². The Kier molecular flexibility index (Phi) is 5.21. The summed E-state index contributed by atoms with van der Waals surface area (Å²) in [6.07, 6.45) is 5.96. The molecule has 160 valence electrons. The summed E-state index contributed by atoms with van der Waals surface area (Å²) in [4.78, 5) is 37.9. The first-order chi connectivity index (χ1) is 14.2. The molecule has 1 N–H and O–H groups in total. The lowest BCUT2D eigenvalue weighted by Gasteiger charge is -2.25. The minimum absolute atomic E-state index is 0.0191. The van der Waals surface area contributed by atoms with E-state index in [4.69, 9.17) is 4.74 Å². The molecule has 2 aliphatic rings. The summed E-state index contributed by atoms with van der Waals surface area (Å²) >= 11 is 0. The lowest BCUT2D eigenvalue weighted by molar-refractivity contribution is -0.150. The highest BCUT2D eigenvalue weighted by Gasteiger charge is 2.43. The smallest absolute Gasteiger partial charge is 0.310 e. The SMILES string of the molecule is CN(C)c1nccc(-c2cn[nH]c2C2CCCN2C(=O)CC2CC(C)(C)OC2=O)n1. The molecular formula is C21H28N6O3. The second kappa shape index (κ2) is 7.70. The zero-order valence-corrected chi connectivity index (χ0v) is 17.9. The summed E-state index contributed by atoms with van der Waals surface area (Å²) in [5.74, 6) is -0.0567. The number of aromatic nitrogens is 4. The van der Waals surface area contributed by atoms with Crippen LogP contribution in [0.5, 0.6) is 0 Å². The highest BCUT2D eigenvalue weighted by Crippen LogP contribution is 2.38. The van der Waals surface area contributed by atoms with Gasteiger partial charge in [-0.1, -0.05) is 0 Å². The van der Waals surface area contributed by atoms with E-state index in [-0.39, 0.29) is 30.3 Å². The average molecular weight is 412 g/mol. The average Bonchev–Trinajstić information content (AvgIpc) is 3.40. The number of nitrogens with zero attached hydrogens (tertiary/aromatic N) is 5. The van der Waals surface area contributed by atoms with Crippen LogP contribution in [0.15, 0.2) is 18.5 Å². The van der Waals surface area contributed by atoms with Gasteiger partial charge in [-0.2, -0.15) is 5.10 Å². The highest BCUT2D eigenvalue weighted by molar-refractivity contribution is 5.85. The number of hydrogen-bond acceptors (Lipinski definition) is 7. The van der Waals surface area contributed by atoms with Gasteiger partial charge in [0.1, 0.15) is 5.60 Å². The van der Waals surface area contributed by atoms with Gasteiger partial charge in [-0.05, 0) is 32.8 Å². The van der Waals surface area contributed by atoms with Crippen LogP contribution < -0.4 is 4.90 Å². The quantitative estimate of drug-likeness (QED) is 0.752. The number of hydrogen-bond donors (Lipinski definition) is 1. The van der Waals surface area contributed by atoms with Crippen molar-refractivity contribution in [3.05, 3.63) is 24.2 Å². The summed E-state index contributed by atoms with van der Waals surface area (Å²) < 4.78 is 5.39. The minimum Gasteiger partial charge on any atom is -0.459 e. The summed E-state index contributed by atoms with van der Waals surface area (Å²) in [7, 11) is 3.78. The molecule has 2 aromatic heterocycles. The molecule has 0 radical (unpaired) electrons. The van der Waals surface area contributed by atoms with Crippen molar-refractivity contribution in [3.63, 3.8) is 0 Å². The van der Waals surface area contributed by atoms with Gasteiger partial charge in [0, 0.05) is 45.2 Å². The molecule has 4 rings (SSSR count). The van der Waals surface area contributed by atoms with Crippen molar-refractivity contribution in [2.45, 2.75) is 51.2 Å². The fourth-order valence-electron chi connectivity index (χ4n) is 4.39. The maximum Gasteiger partial charge on any atom is 0.310 e. The van der Waals surface area contributed by atoms with E-state index in [2.05, 4.69) is 20.2 Å². The second-order valence-electron chi connectivity index (χ2n) is 8.86. The molecule has 2 fully saturated rings. The molecular weight excluding hydrogens is 384 g/mol. The van der Waals surface area contributed by atoms with Crippen LogP contribution >= 0.6 is 0 Å². The number of esters is 1. The van der Waals surface area contributed by atoms with Crippen molar-refractivity contribution in [1.82, 2.24) is 25.1 Å². The van der Waals surface area contributed by atoms with Crippen molar-refractivity contribution in [2.24, 2.45) is 5.92 Å². The molecule has 9 heteroatoms. The standard InChI is InChI=1S/C21H28N6O3/c1-21(2)11-13(19(29)30-21)10-17(28)27-9-5-6-16(27)18-14(12-23-25-18)15-7-8-22-20(24-15)26(3)4/h7-8,12-13,16H,5-6,9-11H2,1-4H3,(H,23,25). The number of cyclic esters (lactones) is 1. The van der Waals surface area contributed by atoms with Gasteiger partial charge in [0.2, 0.25) is 11.9 Å². The van der Waals surface area contributed by atoms with Crippen molar-refractivity contribution < 1.29 is 14.3 Å². The Hall–Kier alpha value is -2.97. The Bertz CT molecular complexity index is 954. The first-order valence-corrected chi connectivity index (χ1v) is 10.3. The molecule has 30 heavy (non-hydrogen) atoms. The number of nitrogens with one attached hydrogen (secondary N) is 1. The van der Waals surface area contributed by atoms with E-state index in [0.717, 1.165) is 29.8 Å². The lowest BCUT2D eigenvalue weighted by Crippen LogP contribution is -2.33. The molecule has 9 nitrogen and oxygen atoms in total. The summed E-state index contributed by atoms with van der Waals surface area (Å²) in [5.41, 5.74) is 2.00. The van der Waals surface area contributed by atoms with E-state index in [1.54, 1.807) is 12.4 Å². The van der Waals surface area contributed by atoms with E-state index in [0.29, 0.717) is 18.9 Å². The third kappa shape index (κ3) is 3.88. The van der Waals surface area contributed by atoms with Gasteiger partial charge in [0.25, 0.3) is 0 Å². The summed E-state index contributed by atoms with van der Waals surface area (Å²) in [6, 6.07) is 1.73. The number of carbonyl (C=O) groups excluding carboxylic acids is 2. The Labute approximate surface area is 175 Å². The fraction of sp³-hybridized carbons (Fsp3) is 0.571. The largest absolute Gasteiger partial charge is 0.459 e. The fourth-order valence-corrected chi connectivity index (χ4v) is 4.39. The summed E-state index contributed by atoms with van der Waals surface area (Å²) in [5, 5.41) is 7.32. The lowest BCUT2D eigenvalue weighted by atomic mass is 9.94. The monoisotopic (exact) mass is 412 g/mol. The maximum absolute atomic E-state index is 13.1. The van der Waals surface area contributed by atoms with Gasteiger partial charge in [0.15, 0.2) is 0 Å². The molecule has 0 spiro atoms. The van der Waals surface area contributed by atoms with E-state index in [1.807, 2.05) is 43.8 Å². The normalized spacial score (nSPS) is 22.9. The molecule has 2 aromatic rings. The van der Waals surface area contributed by atoms with Crippen LogP contribution in [0, 0.1) is 5.92 Å². The number of amides is 1. The van der Waals surface area contributed by atoms with Crippen molar-refractivity contribution in [1.29, 1.82) is 0 Å². The number of rotatable bonds is 5.